The number of rotatable bonds is 8. The van der Waals surface area contributed by atoms with E-state index in [2.05, 4.69) is 25.3 Å². The van der Waals surface area contributed by atoms with E-state index < -0.39 is 11.7 Å². The zero-order valence-corrected chi connectivity index (χ0v) is 19.1. The van der Waals surface area contributed by atoms with Gasteiger partial charge in [0, 0.05) is 38.6 Å². The number of H-pyrrole nitrogens is 1. The molecule has 1 aliphatic rings. The largest absolute Gasteiger partial charge is 0.419 e. The molecular weight excluding hydrogens is 469 g/mol. The van der Waals surface area contributed by atoms with Gasteiger partial charge in [0.1, 0.15) is 0 Å². The van der Waals surface area contributed by atoms with E-state index in [4.69, 9.17) is 4.74 Å². The van der Waals surface area contributed by atoms with E-state index >= 15 is 0 Å². The summed E-state index contributed by atoms with van der Waals surface area (Å²) in [4.78, 5) is 35.6. The zero-order chi connectivity index (χ0) is 25.0. The van der Waals surface area contributed by atoms with Crippen molar-refractivity contribution < 1.29 is 22.7 Å². The van der Waals surface area contributed by atoms with Crippen molar-refractivity contribution >= 4 is 22.8 Å². The molecule has 1 aliphatic heterocycles. The number of aromatic nitrogens is 6. The van der Waals surface area contributed by atoms with Crippen LogP contribution in [0.1, 0.15) is 24.6 Å². The summed E-state index contributed by atoms with van der Waals surface area (Å²) < 4.78 is 45.3. The smallest absolute Gasteiger partial charge is 0.379 e. The molecule has 0 aliphatic carbocycles. The monoisotopic (exact) mass is 494 g/mol. The molecular formula is C21H25F3N8O3. The van der Waals surface area contributed by atoms with E-state index in [1.807, 2.05) is 6.92 Å². The van der Waals surface area contributed by atoms with E-state index in [0.29, 0.717) is 62.3 Å². The predicted molar refractivity (Wildman–Crippen MR) is 119 cm³/mol. The van der Waals surface area contributed by atoms with Gasteiger partial charge in [0.05, 0.1) is 54.5 Å². The Bertz CT molecular complexity index is 1220. The normalized spacial score (nSPS) is 14.6. The topological polar surface area (TPSA) is 122 Å². The van der Waals surface area contributed by atoms with Crippen molar-refractivity contribution in [2.75, 3.05) is 44.3 Å². The van der Waals surface area contributed by atoms with Crippen LogP contribution in [-0.4, -0.2) is 80.1 Å². The molecule has 0 saturated carbocycles. The maximum atomic E-state index is 12.7. The van der Waals surface area contributed by atoms with Crippen molar-refractivity contribution in [2.45, 2.75) is 32.5 Å². The van der Waals surface area contributed by atoms with Gasteiger partial charge in [-0.3, -0.25) is 14.3 Å². The van der Waals surface area contributed by atoms with Gasteiger partial charge in [-0.1, -0.05) is 6.92 Å². The highest BCUT2D eigenvalue weighted by molar-refractivity contribution is 5.80. The maximum absolute atomic E-state index is 12.7. The molecule has 0 unspecified atom stereocenters. The number of hydrogen-bond donors (Lipinski definition) is 1. The van der Waals surface area contributed by atoms with Crippen molar-refractivity contribution in [1.82, 2.24) is 34.8 Å². The van der Waals surface area contributed by atoms with Crippen LogP contribution >= 0.6 is 0 Å². The lowest BCUT2D eigenvalue weighted by Crippen LogP contribution is -2.49. The summed E-state index contributed by atoms with van der Waals surface area (Å²) >= 11 is 0. The van der Waals surface area contributed by atoms with Crippen LogP contribution in [0.25, 0.3) is 10.9 Å². The highest BCUT2D eigenvalue weighted by Crippen LogP contribution is 2.28. The lowest BCUT2D eigenvalue weighted by molar-refractivity contribution is -0.138. The lowest BCUT2D eigenvalue weighted by atomic mass is 10.2. The van der Waals surface area contributed by atoms with Gasteiger partial charge in [-0.05, 0) is 6.42 Å². The molecule has 0 bridgehead atoms. The molecule has 0 radical (unpaired) electrons. The van der Waals surface area contributed by atoms with Crippen LogP contribution in [0.2, 0.25) is 0 Å². The van der Waals surface area contributed by atoms with Crippen LogP contribution in [0, 0.1) is 0 Å². The number of carbonyl (C=O) groups is 1. The van der Waals surface area contributed by atoms with Gasteiger partial charge in [0.25, 0.3) is 5.56 Å². The number of anilines is 1. The minimum atomic E-state index is -4.48. The van der Waals surface area contributed by atoms with E-state index in [-0.39, 0.29) is 30.4 Å². The molecule has 4 rings (SSSR count). The fourth-order valence-electron chi connectivity index (χ4n) is 3.89. The Morgan fingerprint density at radius 1 is 1.11 bits per heavy atom. The molecule has 14 heteroatoms. The molecule has 0 spiro atoms. The highest BCUT2D eigenvalue weighted by atomic mass is 19.4. The number of fused-ring (bicyclic) bond motifs is 1. The van der Waals surface area contributed by atoms with Gasteiger partial charge < -0.3 is 14.5 Å². The van der Waals surface area contributed by atoms with Crippen LogP contribution in [0.3, 0.4) is 0 Å². The number of aryl methyl sites for hydroxylation is 1. The summed E-state index contributed by atoms with van der Waals surface area (Å²) in [6, 6.07) is 0. The Kier molecular flexibility index (Phi) is 7.28. The summed E-state index contributed by atoms with van der Waals surface area (Å²) in [7, 11) is 0. The molecule has 35 heavy (non-hydrogen) atoms. The number of halogens is 3. The molecule has 4 heterocycles. The minimum Gasteiger partial charge on any atom is -0.379 e. The standard InChI is InChI=1S/C21H25F3N8O3/c1-2-15-18-16(13-27-28-19(18)34)32(29-15)8-10-35-9-3-17(33)30-4-6-31(7-5-30)20-25-11-14(12-26-20)21(22,23)24/h11-13H,2-10H2,1H3,(H,28,34). The van der Waals surface area contributed by atoms with Gasteiger partial charge in [-0.2, -0.15) is 23.4 Å². The highest BCUT2D eigenvalue weighted by Gasteiger charge is 2.32. The fraction of sp³-hybridized carbons (Fsp3) is 0.524. The van der Waals surface area contributed by atoms with Crippen molar-refractivity contribution in [2.24, 2.45) is 0 Å². The van der Waals surface area contributed by atoms with E-state index in [9.17, 15) is 22.8 Å². The van der Waals surface area contributed by atoms with Crippen LogP contribution in [-0.2, 0) is 28.7 Å². The summed E-state index contributed by atoms with van der Waals surface area (Å²) in [6.45, 7) is 4.59. The molecule has 0 aromatic carbocycles. The van der Waals surface area contributed by atoms with E-state index in [1.165, 1.54) is 0 Å². The summed E-state index contributed by atoms with van der Waals surface area (Å²) in [5, 5.41) is 11.2. The molecule has 3 aromatic rings. The summed E-state index contributed by atoms with van der Waals surface area (Å²) in [5.41, 5.74) is 0.161. The van der Waals surface area contributed by atoms with E-state index in [1.54, 1.807) is 20.7 Å². The molecule has 0 atom stereocenters. The molecule has 1 N–H and O–H groups in total. The maximum Gasteiger partial charge on any atom is 0.419 e. The number of piperazine rings is 1. The Hall–Kier alpha value is -3.55. The first-order valence-corrected chi connectivity index (χ1v) is 11.2. The van der Waals surface area contributed by atoms with Crippen molar-refractivity contribution in [1.29, 1.82) is 0 Å². The first-order valence-electron chi connectivity index (χ1n) is 11.2. The molecule has 1 amide bonds. The van der Waals surface area contributed by atoms with Crippen LogP contribution < -0.4 is 10.5 Å². The second-order valence-electron chi connectivity index (χ2n) is 7.98. The number of carbonyl (C=O) groups excluding carboxylic acids is 1. The van der Waals surface area contributed by atoms with Gasteiger partial charge in [-0.15, -0.1) is 0 Å². The van der Waals surface area contributed by atoms with Crippen LogP contribution in [0.15, 0.2) is 23.4 Å². The SMILES string of the molecule is CCc1nn(CCOCCC(=O)N2CCN(c3ncc(C(F)(F)F)cn3)CC2)c2cn[nH]c(=O)c12. The Balaban J connectivity index is 1.20. The van der Waals surface area contributed by atoms with Crippen LogP contribution in [0.5, 0.6) is 0 Å². The first kappa shape index (κ1) is 24.6. The summed E-state index contributed by atoms with van der Waals surface area (Å²) in [6.07, 6.45) is -0.571. The number of nitrogens with one attached hydrogen (secondary N) is 1. The van der Waals surface area contributed by atoms with Crippen LogP contribution in [0.4, 0.5) is 19.1 Å². The predicted octanol–water partition coefficient (Wildman–Crippen LogP) is 1.25. The molecule has 1 fully saturated rings. The molecule has 1 saturated heterocycles. The van der Waals surface area contributed by atoms with Crippen molar-refractivity contribution in [3.05, 3.63) is 40.2 Å². The number of hydrogen-bond acceptors (Lipinski definition) is 8. The average molecular weight is 494 g/mol. The number of aromatic amines is 1. The number of amides is 1. The Morgan fingerprint density at radius 3 is 2.49 bits per heavy atom. The molecule has 3 aromatic heterocycles. The second-order valence-corrected chi connectivity index (χ2v) is 7.98. The van der Waals surface area contributed by atoms with Crippen molar-refractivity contribution in [3.8, 4) is 0 Å². The minimum absolute atomic E-state index is 0.0634. The Labute approximate surface area is 197 Å². The average Bonchev–Trinajstić information content (AvgIpc) is 3.22. The number of ether oxygens (including phenoxy) is 1. The van der Waals surface area contributed by atoms with Gasteiger partial charge >= 0.3 is 6.18 Å². The van der Waals surface area contributed by atoms with Crippen molar-refractivity contribution in [3.63, 3.8) is 0 Å². The van der Waals surface area contributed by atoms with E-state index in [0.717, 1.165) is 12.4 Å². The fourth-order valence-corrected chi connectivity index (χ4v) is 3.89. The quantitative estimate of drug-likeness (QED) is 0.465. The number of alkyl halides is 3. The third-order valence-corrected chi connectivity index (χ3v) is 5.77. The molecule has 188 valence electrons. The zero-order valence-electron chi connectivity index (χ0n) is 19.1. The lowest BCUT2D eigenvalue weighted by Gasteiger charge is -2.34. The van der Waals surface area contributed by atoms with Gasteiger partial charge in [0.2, 0.25) is 11.9 Å². The second kappa shape index (κ2) is 10.4. The third kappa shape index (κ3) is 5.58. The summed E-state index contributed by atoms with van der Waals surface area (Å²) in [5.74, 6) is 0.148. The Morgan fingerprint density at radius 2 is 1.83 bits per heavy atom. The van der Waals surface area contributed by atoms with Gasteiger partial charge in [0.15, 0.2) is 0 Å². The first-order chi connectivity index (χ1) is 16.8. The molecule has 11 nitrogen and oxygen atoms in total. The third-order valence-electron chi connectivity index (χ3n) is 5.77. The number of nitrogens with zero attached hydrogens (tertiary/aromatic N) is 7. The van der Waals surface area contributed by atoms with Gasteiger partial charge in [-0.25, -0.2) is 15.1 Å².